The molecule has 0 aromatic carbocycles. The van der Waals surface area contributed by atoms with Crippen molar-refractivity contribution in [3.8, 4) is 0 Å². The Hall–Kier alpha value is -1.46. The minimum atomic E-state index is -4.61. The monoisotopic (exact) mass is 250 g/mol. The molecule has 1 rings (SSSR count). The molecule has 0 spiro atoms. The van der Waals surface area contributed by atoms with Crippen LogP contribution < -0.4 is 0 Å². The number of furan rings is 1. The summed E-state index contributed by atoms with van der Waals surface area (Å²) >= 11 is 0. The molecule has 0 bridgehead atoms. The van der Waals surface area contributed by atoms with E-state index in [1.54, 1.807) is 20.8 Å². The molecule has 1 aromatic rings. The summed E-state index contributed by atoms with van der Waals surface area (Å²) in [6.45, 7) is 6.18. The molecule has 0 saturated carbocycles. The zero-order valence-corrected chi connectivity index (χ0v) is 9.94. The second kappa shape index (κ2) is 4.09. The molecule has 0 aliphatic rings. The van der Waals surface area contributed by atoms with Crippen molar-refractivity contribution < 1.29 is 27.1 Å². The van der Waals surface area contributed by atoms with Crippen LogP contribution in [0.15, 0.2) is 10.5 Å². The lowest BCUT2D eigenvalue weighted by Crippen LogP contribution is -2.24. The summed E-state index contributed by atoms with van der Waals surface area (Å²) in [7, 11) is 0. The zero-order chi connectivity index (χ0) is 13.4. The molecule has 1 heterocycles. The predicted molar refractivity (Wildman–Crippen MR) is 53.6 cm³/mol. The van der Waals surface area contributed by atoms with Crippen molar-refractivity contribution in [3.63, 3.8) is 0 Å². The summed E-state index contributed by atoms with van der Waals surface area (Å²) in [4.78, 5) is 11.6. The van der Waals surface area contributed by atoms with E-state index in [0.29, 0.717) is 6.07 Å². The third-order valence-electron chi connectivity index (χ3n) is 1.82. The maximum atomic E-state index is 12.3. The maximum Gasteiger partial charge on any atom is 0.449 e. The molecule has 1 aromatic heterocycles. The average Bonchev–Trinajstić information content (AvgIpc) is 2.42. The van der Waals surface area contributed by atoms with Crippen LogP contribution in [-0.4, -0.2) is 11.6 Å². The molecular formula is C11H13F3O3. The molecular weight excluding hydrogens is 237 g/mol. The Bertz CT molecular complexity index is 424. The number of aryl methyl sites for hydroxylation is 1. The van der Waals surface area contributed by atoms with Gasteiger partial charge in [-0.15, -0.1) is 0 Å². The molecule has 0 atom stereocenters. The van der Waals surface area contributed by atoms with Crippen molar-refractivity contribution in [1.29, 1.82) is 0 Å². The Kier molecular flexibility index (Phi) is 3.27. The van der Waals surface area contributed by atoms with Gasteiger partial charge in [-0.2, -0.15) is 13.2 Å². The van der Waals surface area contributed by atoms with Gasteiger partial charge in [0.05, 0.1) is 0 Å². The van der Waals surface area contributed by atoms with Gasteiger partial charge in [0, 0.05) is 6.07 Å². The number of alkyl halides is 3. The van der Waals surface area contributed by atoms with Crippen LogP contribution in [-0.2, 0) is 10.9 Å². The number of ether oxygens (including phenoxy) is 1. The van der Waals surface area contributed by atoms with Crippen LogP contribution in [0.2, 0.25) is 0 Å². The lowest BCUT2D eigenvalue weighted by molar-refractivity contribution is -0.153. The summed E-state index contributed by atoms with van der Waals surface area (Å²) in [6, 6.07) is 0.656. The fraction of sp³-hybridized carbons (Fsp3) is 0.545. The lowest BCUT2D eigenvalue weighted by Gasteiger charge is -2.18. The van der Waals surface area contributed by atoms with Crippen molar-refractivity contribution in [2.45, 2.75) is 39.5 Å². The summed E-state index contributed by atoms with van der Waals surface area (Å²) in [5.41, 5.74) is -0.966. The molecule has 17 heavy (non-hydrogen) atoms. The van der Waals surface area contributed by atoms with Crippen molar-refractivity contribution in [1.82, 2.24) is 0 Å². The van der Waals surface area contributed by atoms with E-state index < -0.39 is 23.5 Å². The van der Waals surface area contributed by atoms with Gasteiger partial charge in [0.1, 0.15) is 16.9 Å². The molecule has 3 nitrogen and oxygen atoms in total. The number of hydrogen-bond donors (Lipinski definition) is 0. The number of carbonyl (C=O) groups excluding carboxylic acids is 1. The van der Waals surface area contributed by atoms with Gasteiger partial charge in [-0.1, -0.05) is 0 Å². The van der Waals surface area contributed by atoms with E-state index >= 15 is 0 Å². The molecule has 6 heteroatoms. The maximum absolute atomic E-state index is 12.3. The molecule has 0 amide bonds. The molecule has 0 aliphatic carbocycles. The molecule has 0 saturated heterocycles. The van der Waals surface area contributed by atoms with Crippen molar-refractivity contribution in [3.05, 3.63) is 23.2 Å². The Morgan fingerprint density at radius 1 is 1.29 bits per heavy atom. The third-order valence-corrected chi connectivity index (χ3v) is 1.82. The normalized spacial score (nSPS) is 12.6. The van der Waals surface area contributed by atoms with Gasteiger partial charge in [-0.3, -0.25) is 0 Å². The molecule has 0 aliphatic heterocycles. The highest BCUT2D eigenvalue weighted by Gasteiger charge is 2.37. The van der Waals surface area contributed by atoms with Gasteiger partial charge in [0.2, 0.25) is 5.76 Å². The fourth-order valence-corrected chi connectivity index (χ4v) is 1.16. The Labute approximate surface area is 96.6 Å². The molecule has 0 N–H and O–H groups in total. The van der Waals surface area contributed by atoms with Gasteiger partial charge in [0.25, 0.3) is 0 Å². The number of halogens is 3. The Morgan fingerprint density at radius 3 is 2.18 bits per heavy atom. The molecule has 0 fully saturated rings. The highest BCUT2D eigenvalue weighted by molar-refractivity contribution is 5.90. The van der Waals surface area contributed by atoms with Crippen molar-refractivity contribution >= 4 is 5.97 Å². The first-order chi connectivity index (χ1) is 7.50. The van der Waals surface area contributed by atoms with Crippen LogP contribution in [0.25, 0.3) is 0 Å². The summed E-state index contributed by atoms with van der Waals surface area (Å²) in [6.07, 6.45) is -4.61. The lowest BCUT2D eigenvalue weighted by atomic mass is 10.2. The summed E-state index contributed by atoms with van der Waals surface area (Å²) in [5, 5.41) is 0. The van der Waals surface area contributed by atoms with Crippen LogP contribution in [0.5, 0.6) is 0 Å². The van der Waals surface area contributed by atoms with E-state index in [4.69, 9.17) is 4.74 Å². The van der Waals surface area contributed by atoms with E-state index in [1.165, 1.54) is 6.92 Å². The number of carbonyl (C=O) groups is 1. The van der Waals surface area contributed by atoms with Gasteiger partial charge >= 0.3 is 12.1 Å². The topological polar surface area (TPSA) is 39.4 Å². The van der Waals surface area contributed by atoms with Crippen LogP contribution >= 0.6 is 0 Å². The SMILES string of the molecule is Cc1oc(C(F)(F)F)cc1C(=O)OC(C)(C)C. The van der Waals surface area contributed by atoms with Crippen LogP contribution in [0.1, 0.15) is 42.6 Å². The largest absolute Gasteiger partial charge is 0.456 e. The second-order valence-electron chi connectivity index (χ2n) is 4.58. The first-order valence-electron chi connectivity index (χ1n) is 4.91. The highest BCUT2D eigenvalue weighted by Crippen LogP contribution is 2.32. The van der Waals surface area contributed by atoms with Crippen LogP contribution in [0.4, 0.5) is 13.2 Å². The molecule has 0 unspecified atom stereocenters. The van der Waals surface area contributed by atoms with Crippen molar-refractivity contribution in [2.75, 3.05) is 0 Å². The van der Waals surface area contributed by atoms with E-state index in [1.807, 2.05) is 0 Å². The quantitative estimate of drug-likeness (QED) is 0.715. The van der Waals surface area contributed by atoms with Crippen LogP contribution in [0.3, 0.4) is 0 Å². The van der Waals surface area contributed by atoms with Crippen LogP contribution in [0, 0.1) is 6.92 Å². The van der Waals surface area contributed by atoms with Gasteiger partial charge < -0.3 is 9.15 Å². The Morgan fingerprint density at radius 2 is 1.82 bits per heavy atom. The average molecular weight is 250 g/mol. The van der Waals surface area contributed by atoms with E-state index in [-0.39, 0.29) is 11.3 Å². The second-order valence-corrected chi connectivity index (χ2v) is 4.58. The first kappa shape index (κ1) is 13.6. The smallest absolute Gasteiger partial charge is 0.449 e. The van der Waals surface area contributed by atoms with Crippen molar-refractivity contribution in [2.24, 2.45) is 0 Å². The molecule has 0 radical (unpaired) electrons. The highest BCUT2D eigenvalue weighted by atomic mass is 19.4. The summed E-state index contributed by atoms with van der Waals surface area (Å²) in [5.74, 6) is -2.13. The minimum Gasteiger partial charge on any atom is -0.456 e. The van der Waals surface area contributed by atoms with E-state index in [9.17, 15) is 18.0 Å². The van der Waals surface area contributed by atoms with Gasteiger partial charge in [-0.25, -0.2) is 4.79 Å². The van der Waals surface area contributed by atoms with E-state index in [0.717, 1.165) is 0 Å². The molecule has 96 valence electrons. The fourth-order valence-electron chi connectivity index (χ4n) is 1.16. The third kappa shape index (κ3) is 3.51. The van der Waals surface area contributed by atoms with Gasteiger partial charge in [-0.05, 0) is 27.7 Å². The number of hydrogen-bond acceptors (Lipinski definition) is 3. The number of esters is 1. The summed E-state index contributed by atoms with van der Waals surface area (Å²) < 4.78 is 46.5. The van der Waals surface area contributed by atoms with Gasteiger partial charge in [0.15, 0.2) is 0 Å². The first-order valence-corrected chi connectivity index (χ1v) is 4.91. The standard InChI is InChI=1S/C11H13F3O3/c1-6-7(9(15)17-10(2,3)4)5-8(16-6)11(12,13)14/h5H,1-4H3. The predicted octanol–water partition coefficient (Wildman–Crippen LogP) is 3.56. The zero-order valence-electron chi connectivity index (χ0n) is 9.94. The van der Waals surface area contributed by atoms with E-state index in [2.05, 4.69) is 4.42 Å². The number of rotatable bonds is 1. The minimum absolute atomic E-state index is 0.105. The Balaban J connectivity index is 3.00.